The first-order valence-corrected chi connectivity index (χ1v) is 7.39. The van der Waals surface area contributed by atoms with Gasteiger partial charge in [-0.25, -0.2) is 4.98 Å². The number of nitrogens with one attached hydrogen (secondary N) is 1. The maximum Gasteiger partial charge on any atom is 0.133 e. The topological polar surface area (TPSA) is 28.7 Å². The molecule has 0 radical (unpaired) electrons. The van der Waals surface area contributed by atoms with E-state index in [1.807, 2.05) is 11.8 Å². The monoisotopic (exact) mass is 254 g/mol. The lowest BCUT2D eigenvalue weighted by molar-refractivity contribution is 0.657. The fraction of sp³-hybridized carbons (Fsp3) is 0.667. The van der Waals surface area contributed by atoms with Crippen LogP contribution in [0, 0.1) is 11.6 Å². The molecule has 0 aromatic carbocycles. The van der Waals surface area contributed by atoms with Crippen molar-refractivity contribution in [3.05, 3.63) is 21.7 Å². The summed E-state index contributed by atoms with van der Waals surface area (Å²) in [6, 6.07) is 0. The lowest BCUT2D eigenvalue weighted by Crippen LogP contribution is -2.09. The van der Waals surface area contributed by atoms with Crippen molar-refractivity contribution in [3.63, 3.8) is 0 Å². The number of hydrogen-bond donors (Lipinski definition) is 1. The van der Waals surface area contributed by atoms with Crippen LogP contribution in [0.25, 0.3) is 0 Å². The van der Waals surface area contributed by atoms with Gasteiger partial charge in [0.2, 0.25) is 0 Å². The first-order valence-electron chi connectivity index (χ1n) is 5.93. The van der Waals surface area contributed by atoms with E-state index in [1.165, 1.54) is 36.3 Å². The molecule has 0 saturated carbocycles. The molecule has 16 heavy (non-hydrogen) atoms. The molecule has 1 unspecified atom stereocenters. The van der Waals surface area contributed by atoms with Crippen molar-refractivity contribution in [2.45, 2.75) is 44.8 Å². The van der Waals surface area contributed by atoms with E-state index in [2.05, 4.69) is 23.8 Å². The second-order valence-corrected chi connectivity index (χ2v) is 5.94. The summed E-state index contributed by atoms with van der Waals surface area (Å²) < 4.78 is 0.792. The van der Waals surface area contributed by atoms with Crippen LogP contribution < -0.4 is 0 Å². The molecule has 1 saturated heterocycles. The molecule has 1 N–H and O–H groups in total. The number of nitrogens with zero attached hydrogens (tertiary/aromatic N) is 1. The molecular weight excluding hydrogens is 236 g/mol. The largest absolute Gasteiger partial charge is 0.346 e. The van der Waals surface area contributed by atoms with Crippen molar-refractivity contribution in [3.8, 4) is 0 Å². The van der Waals surface area contributed by atoms with Crippen LogP contribution >= 0.6 is 24.0 Å². The van der Waals surface area contributed by atoms with Crippen LogP contribution in [-0.2, 0) is 6.42 Å². The Bertz CT molecular complexity index is 420. The second-order valence-electron chi connectivity index (χ2n) is 4.24. The van der Waals surface area contributed by atoms with E-state index < -0.39 is 0 Å². The van der Waals surface area contributed by atoms with Gasteiger partial charge in [-0.15, -0.1) is 0 Å². The van der Waals surface area contributed by atoms with Gasteiger partial charge in [0.05, 0.1) is 5.25 Å². The molecule has 2 rings (SSSR count). The Balaban J connectivity index is 2.31. The van der Waals surface area contributed by atoms with Gasteiger partial charge in [0.25, 0.3) is 0 Å². The Kier molecular flexibility index (Phi) is 4.03. The van der Waals surface area contributed by atoms with Gasteiger partial charge in [0, 0.05) is 11.3 Å². The molecule has 1 atom stereocenters. The molecular formula is C12H18N2S2. The van der Waals surface area contributed by atoms with E-state index in [-0.39, 0.29) is 0 Å². The van der Waals surface area contributed by atoms with Gasteiger partial charge in [-0.1, -0.05) is 25.6 Å². The Labute approximate surface area is 106 Å². The lowest BCUT2D eigenvalue weighted by Gasteiger charge is -2.21. The zero-order chi connectivity index (χ0) is 11.5. The predicted octanol–water partition coefficient (Wildman–Crippen LogP) is 3.97. The number of H-pyrrole nitrogens is 1. The van der Waals surface area contributed by atoms with Crippen LogP contribution in [0.4, 0.5) is 0 Å². The highest BCUT2D eigenvalue weighted by molar-refractivity contribution is 7.99. The van der Waals surface area contributed by atoms with Crippen molar-refractivity contribution in [1.29, 1.82) is 0 Å². The van der Waals surface area contributed by atoms with Crippen molar-refractivity contribution >= 4 is 24.0 Å². The van der Waals surface area contributed by atoms with Crippen LogP contribution in [0.5, 0.6) is 0 Å². The molecule has 0 bridgehead atoms. The highest BCUT2D eigenvalue weighted by Gasteiger charge is 2.18. The van der Waals surface area contributed by atoms with Crippen LogP contribution in [-0.4, -0.2) is 15.7 Å². The second kappa shape index (κ2) is 5.32. The van der Waals surface area contributed by atoms with Gasteiger partial charge in [-0.05, 0) is 31.9 Å². The summed E-state index contributed by atoms with van der Waals surface area (Å²) in [5.74, 6) is 2.34. The molecule has 88 valence electrons. The number of rotatable bonds is 2. The molecule has 0 amide bonds. The Morgan fingerprint density at radius 1 is 1.50 bits per heavy atom. The highest BCUT2D eigenvalue weighted by Crippen LogP contribution is 2.36. The van der Waals surface area contributed by atoms with Gasteiger partial charge in [-0.2, -0.15) is 11.8 Å². The van der Waals surface area contributed by atoms with E-state index in [0.29, 0.717) is 5.25 Å². The smallest absolute Gasteiger partial charge is 0.133 e. The number of thioether (sulfide) groups is 1. The average Bonchev–Trinajstić information content (AvgIpc) is 2.30. The predicted molar refractivity (Wildman–Crippen MR) is 72.6 cm³/mol. The van der Waals surface area contributed by atoms with Gasteiger partial charge in [0.1, 0.15) is 10.5 Å². The molecule has 0 aliphatic carbocycles. The molecule has 1 aliphatic rings. The molecule has 4 heteroatoms. The van der Waals surface area contributed by atoms with Gasteiger partial charge < -0.3 is 4.98 Å². The quantitative estimate of drug-likeness (QED) is 0.810. The summed E-state index contributed by atoms with van der Waals surface area (Å²) in [6.45, 7) is 4.23. The van der Waals surface area contributed by atoms with Crippen molar-refractivity contribution in [2.24, 2.45) is 0 Å². The third-order valence-electron chi connectivity index (χ3n) is 3.09. The summed E-state index contributed by atoms with van der Waals surface area (Å²) in [5, 5.41) is 0.528. The summed E-state index contributed by atoms with van der Waals surface area (Å²) >= 11 is 7.36. The van der Waals surface area contributed by atoms with E-state index in [1.54, 1.807) is 0 Å². The van der Waals surface area contributed by atoms with Crippen LogP contribution in [0.3, 0.4) is 0 Å². The van der Waals surface area contributed by atoms with Gasteiger partial charge in [-0.3, -0.25) is 0 Å². The number of aromatic amines is 1. The maximum atomic E-state index is 5.36. The van der Waals surface area contributed by atoms with Crippen LogP contribution in [0.2, 0.25) is 0 Å². The minimum absolute atomic E-state index is 0.528. The van der Waals surface area contributed by atoms with E-state index >= 15 is 0 Å². The standard InChI is InChI=1S/C12H18N2S2/c1-3-9-8(2)13-11(14-12(9)15)10-6-4-5-7-16-10/h10H,3-7H2,1-2H3,(H,13,14,15). The summed E-state index contributed by atoms with van der Waals surface area (Å²) in [7, 11) is 0. The third-order valence-corrected chi connectivity index (χ3v) is 4.81. The zero-order valence-electron chi connectivity index (χ0n) is 9.88. The Morgan fingerprint density at radius 3 is 2.88 bits per heavy atom. The Morgan fingerprint density at radius 2 is 2.31 bits per heavy atom. The van der Waals surface area contributed by atoms with Gasteiger partial charge in [0.15, 0.2) is 0 Å². The fourth-order valence-electron chi connectivity index (χ4n) is 2.16. The molecule has 0 spiro atoms. The normalized spacial score (nSPS) is 21.0. The lowest BCUT2D eigenvalue weighted by atomic mass is 10.1. The molecule has 1 aliphatic heterocycles. The van der Waals surface area contributed by atoms with Gasteiger partial charge >= 0.3 is 0 Å². The summed E-state index contributed by atoms with van der Waals surface area (Å²) in [5.41, 5.74) is 2.39. The Hall–Kier alpha value is -0.350. The molecule has 2 heterocycles. The van der Waals surface area contributed by atoms with Crippen molar-refractivity contribution in [2.75, 3.05) is 5.75 Å². The van der Waals surface area contributed by atoms with E-state index in [9.17, 15) is 0 Å². The first-order chi connectivity index (χ1) is 7.72. The average molecular weight is 254 g/mol. The molecule has 2 nitrogen and oxygen atoms in total. The summed E-state index contributed by atoms with van der Waals surface area (Å²) in [4.78, 5) is 8.01. The van der Waals surface area contributed by atoms with Crippen LogP contribution in [0.15, 0.2) is 0 Å². The zero-order valence-corrected chi connectivity index (χ0v) is 11.5. The summed E-state index contributed by atoms with van der Waals surface area (Å²) in [6.07, 6.45) is 4.85. The van der Waals surface area contributed by atoms with E-state index in [4.69, 9.17) is 12.2 Å². The maximum absolute atomic E-state index is 5.36. The molecule has 1 aromatic rings. The highest BCUT2D eigenvalue weighted by atomic mass is 32.2. The first kappa shape index (κ1) is 12.1. The SMILES string of the molecule is CCc1c(C)[nH]c(C2CCCCS2)nc1=S. The van der Waals surface area contributed by atoms with Crippen molar-refractivity contribution in [1.82, 2.24) is 9.97 Å². The van der Waals surface area contributed by atoms with Crippen LogP contribution in [0.1, 0.15) is 48.5 Å². The minimum Gasteiger partial charge on any atom is -0.346 e. The number of hydrogen-bond acceptors (Lipinski definition) is 3. The molecule has 1 fully saturated rings. The van der Waals surface area contributed by atoms with Crippen molar-refractivity contribution < 1.29 is 0 Å². The fourth-order valence-corrected chi connectivity index (χ4v) is 3.81. The molecule has 1 aromatic heterocycles. The number of aryl methyl sites for hydroxylation is 1. The number of aromatic nitrogens is 2. The van der Waals surface area contributed by atoms with E-state index in [0.717, 1.165) is 16.9 Å². The third kappa shape index (κ3) is 2.48. The minimum atomic E-state index is 0.528.